The number of quaternary nitrogens is 1. The molecule has 7 heteroatoms. The first-order chi connectivity index (χ1) is 11.3. The van der Waals surface area contributed by atoms with Gasteiger partial charge in [0.15, 0.2) is 6.54 Å². The smallest absolute Gasteiger partial charge is 0.332 e. The van der Waals surface area contributed by atoms with Gasteiger partial charge >= 0.3 is 6.18 Å². The summed E-state index contributed by atoms with van der Waals surface area (Å²) < 4.78 is 38.7. The molecule has 1 atom stereocenters. The normalized spacial score (nSPS) is 12.7. The Morgan fingerprint density at radius 1 is 1.17 bits per heavy atom. The van der Waals surface area contributed by atoms with E-state index in [4.69, 9.17) is 11.6 Å². The van der Waals surface area contributed by atoms with E-state index in [1.54, 1.807) is 17.4 Å². The molecule has 0 saturated carbocycles. The van der Waals surface area contributed by atoms with E-state index in [0.29, 0.717) is 5.02 Å². The topological polar surface area (TPSA) is 45.7 Å². The first kappa shape index (κ1) is 18.3. The minimum atomic E-state index is -4.52. The van der Waals surface area contributed by atoms with Crippen molar-refractivity contribution in [2.45, 2.75) is 19.1 Å². The number of carbonyl (C=O) groups is 1. The molecular formula is C17H17ClF3N2O+. The Bertz CT molecular complexity index is 719. The summed E-state index contributed by atoms with van der Waals surface area (Å²) in [7, 11) is 0. The SMILES string of the molecule is C[C@@H]([NH2+]CC(=O)Nc1ccccc1C(F)(F)F)c1ccccc1Cl. The highest BCUT2D eigenvalue weighted by Gasteiger charge is 2.33. The number of alkyl halides is 3. The van der Waals surface area contributed by atoms with Crippen LogP contribution < -0.4 is 10.6 Å². The van der Waals surface area contributed by atoms with Gasteiger partial charge in [-0.15, -0.1) is 0 Å². The summed E-state index contributed by atoms with van der Waals surface area (Å²) in [4.78, 5) is 12.0. The zero-order chi connectivity index (χ0) is 17.7. The molecule has 0 aliphatic rings. The number of hydrogen-bond acceptors (Lipinski definition) is 1. The average Bonchev–Trinajstić information content (AvgIpc) is 2.52. The molecule has 3 nitrogen and oxygen atoms in total. The van der Waals surface area contributed by atoms with Crippen LogP contribution in [-0.4, -0.2) is 12.5 Å². The lowest BCUT2D eigenvalue weighted by atomic mass is 10.1. The van der Waals surface area contributed by atoms with E-state index in [1.807, 2.05) is 19.1 Å². The van der Waals surface area contributed by atoms with E-state index in [1.165, 1.54) is 18.2 Å². The number of nitrogens with one attached hydrogen (secondary N) is 1. The second-order valence-electron chi connectivity index (χ2n) is 5.34. The van der Waals surface area contributed by atoms with Crippen LogP contribution in [0.25, 0.3) is 0 Å². The monoisotopic (exact) mass is 357 g/mol. The molecule has 0 unspecified atom stereocenters. The summed E-state index contributed by atoms with van der Waals surface area (Å²) in [6.07, 6.45) is -4.52. The zero-order valence-electron chi connectivity index (χ0n) is 12.9. The molecule has 128 valence electrons. The molecule has 2 aromatic carbocycles. The molecule has 0 bridgehead atoms. The lowest BCUT2D eigenvalue weighted by Crippen LogP contribution is -2.86. The number of amides is 1. The van der Waals surface area contributed by atoms with E-state index < -0.39 is 17.6 Å². The van der Waals surface area contributed by atoms with Crippen molar-refractivity contribution in [1.29, 1.82) is 0 Å². The summed E-state index contributed by atoms with van der Waals surface area (Å²) in [6.45, 7) is 1.86. The fourth-order valence-electron chi connectivity index (χ4n) is 2.30. The Hall–Kier alpha value is -2.05. The van der Waals surface area contributed by atoms with Gasteiger partial charge in [0.05, 0.1) is 11.3 Å². The maximum Gasteiger partial charge on any atom is 0.418 e. The van der Waals surface area contributed by atoms with E-state index in [0.717, 1.165) is 11.6 Å². The minimum Gasteiger partial charge on any atom is -0.332 e. The average molecular weight is 358 g/mol. The third kappa shape index (κ3) is 4.72. The van der Waals surface area contributed by atoms with Gasteiger partial charge < -0.3 is 10.6 Å². The number of nitrogens with two attached hydrogens (primary N) is 1. The van der Waals surface area contributed by atoms with E-state index >= 15 is 0 Å². The van der Waals surface area contributed by atoms with Gasteiger partial charge in [0.2, 0.25) is 0 Å². The highest BCUT2D eigenvalue weighted by molar-refractivity contribution is 6.31. The maximum atomic E-state index is 12.9. The van der Waals surface area contributed by atoms with Gasteiger partial charge in [0, 0.05) is 10.6 Å². The molecule has 0 aliphatic heterocycles. The Morgan fingerprint density at radius 2 is 1.79 bits per heavy atom. The zero-order valence-corrected chi connectivity index (χ0v) is 13.7. The van der Waals surface area contributed by atoms with Crippen molar-refractivity contribution >= 4 is 23.2 Å². The molecule has 0 heterocycles. The fraction of sp³-hybridized carbons (Fsp3) is 0.235. The van der Waals surface area contributed by atoms with Gasteiger partial charge in [-0.3, -0.25) is 4.79 Å². The minimum absolute atomic E-state index is 0.0153. The van der Waals surface area contributed by atoms with Crippen LogP contribution in [0.3, 0.4) is 0 Å². The van der Waals surface area contributed by atoms with Crippen molar-refractivity contribution in [3.8, 4) is 0 Å². The molecule has 2 rings (SSSR count). The Balaban J connectivity index is 1.99. The molecule has 24 heavy (non-hydrogen) atoms. The highest BCUT2D eigenvalue weighted by Crippen LogP contribution is 2.34. The van der Waals surface area contributed by atoms with Crippen molar-refractivity contribution in [3.63, 3.8) is 0 Å². The Labute approximate surface area is 142 Å². The summed E-state index contributed by atoms with van der Waals surface area (Å²) in [5, 5.41) is 4.62. The molecule has 0 radical (unpaired) electrons. The Morgan fingerprint density at radius 3 is 2.46 bits per heavy atom. The second-order valence-corrected chi connectivity index (χ2v) is 5.75. The number of benzene rings is 2. The third-order valence-electron chi connectivity index (χ3n) is 3.56. The summed E-state index contributed by atoms with van der Waals surface area (Å²) in [5.74, 6) is -0.509. The molecule has 1 amide bonds. The van der Waals surface area contributed by atoms with Gasteiger partial charge in [-0.05, 0) is 25.1 Å². The van der Waals surface area contributed by atoms with Crippen LogP contribution in [0, 0.1) is 0 Å². The second kappa shape index (κ2) is 7.68. The maximum absolute atomic E-state index is 12.9. The van der Waals surface area contributed by atoms with Crippen molar-refractivity contribution < 1.29 is 23.3 Å². The quantitative estimate of drug-likeness (QED) is 0.843. The summed E-state index contributed by atoms with van der Waals surface area (Å²) >= 11 is 6.09. The van der Waals surface area contributed by atoms with Gasteiger partial charge in [-0.1, -0.05) is 41.9 Å². The predicted octanol–water partition coefficient (Wildman–Crippen LogP) is 3.62. The van der Waals surface area contributed by atoms with Gasteiger partial charge in [0.1, 0.15) is 6.04 Å². The number of rotatable bonds is 5. The largest absolute Gasteiger partial charge is 0.418 e. The Kier molecular flexibility index (Phi) is 5.85. The van der Waals surface area contributed by atoms with Crippen molar-refractivity contribution in [2.24, 2.45) is 0 Å². The molecule has 0 aliphatic carbocycles. The summed E-state index contributed by atoms with van der Waals surface area (Å²) in [5.41, 5.74) is -0.242. The molecular weight excluding hydrogens is 341 g/mol. The van der Waals surface area contributed by atoms with Gasteiger partial charge in [-0.2, -0.15) is 13.2 Å². The van der Waals surface area contributed by atoms with Crippen molar-refractivity contribution in [1.82, 2.24) is 0 Å². The molecule has 3 N–H and O–H groups in total. The van der Waals surface area contributed by atoms with E-state index in [2.05, 4.69) is 5.32 Å². The lowest BCUT2D eigenvalue weighted by molar-refractivity contribution is -0.682. The number of para-hydroxylation sites is 1. The molecule has 0 aromatic heterocycles. The van der Waals surface area contributed by atoms with E-state index in [-0.39, 0.29) is 18.3 Å². The number of hydrogen-bond donors (Lipinski definition) is 2. The molecule has 2 aromatic rings. The van der Waals surface area contributed by atoms with E-state index in [9.17, 15) is 18.0 Å². The van der Waals surface area contributed by atoms with Crippen LogP contribution in [0.2, 0.25) is 5.02 Å². The summed E-state index contributed by atoms with van der Waals surface area (Å²) in [6, 6.07) is 12.0. The van der Waals surface area contributed by atoms with Crippen LogP contribution in [0.5, 0.6) is 0 Å². The van der Waals surface area contributed by atoms with Crippen molar-refractivity contribution in [3.05, 3.63) is 64.7 Å². The van der Waals surface area contributed by atoms with Gasteiger partial charge in [0.25, 0.3) is 5.91 Å². The van der Waals surface area contributed by atoms with Crippen LogP contribution in [0.1, 0.15) is 24.1 Å². The number of halogens is 4. The van der Waals surface area contributed by atoms with Gasteiger partial charge in [-0.25, -0.2) is 0 Å². The van der Waals surface area contributed by atoms with Crippen LogP contribution in [-0.2, 0) is 11.0 Å². The van der Waals surface area contributed by atoms with Crippen LogP contribution >= 0.6 is 11.6 Å². The fourth-order valence-corrected chi connectivity index (χ4v) is 2.60. The number of anilines is 1. The predicted molar refractivity (Wildman–Crippen MR) is 86.7 cm³/mol. The number of carbonyl (C=O) groups excluding carboxylic acids is 1. The first-order valence-corrected chi connectivity index (χ1v) is 7.70. The van der Waals surface area contributed by atoms with Crippen LogP contribution in [0.4, 0.5) is 18.9 Å². The standard InChI is InChI=1S/C17H16ClF3N2O/c1-11(12-6-2-4-8-14(12)18)22-10-16(24)23-15-9-5-3-7-13(15)17(19,20)21/h2-9,11,22H,10H2,1H3,(H,23,24)/p+1/t11-/m1/s1. The molecule has 0 fully saturated rings. The first-order valence-electron chi connectivity index (χ1n) is 7.33. The molecule has 0 saturated heterocycles. The highest BCUT2D eigenvalue weighted by atomic mass is 35.5. The van der Waals surface area contributed by atoms with Crippen LogP contribution in [0.15, 0.2) is 48.5 Å². The molecule has 0 spiro atoms. The van der Waals surface area contributed by atoms with Crippen molar-refractivity contribution in [2.75, 3.05) is 11.9 Å². The third-order valence-corrected chi connectivity index (χ3v) is 3.90. The lowest BCUT2D eigenvalue weighted by Gasteiger charge is -2.15.